The van der Waals surface area contributed by atoms with Gasteiger partial charge in [0.05, 0.1) is 10.2 Å². The molecular formula is C21H24ClN3O3S. The average molecular weight is 434 g/mol. The molecule has 0 fully saturated rings. The highest BCUT2D eigenvalue weighted by Crippen LogP contribution is 2.39. The van der Waals surface area contributed by atoms with Crippen molar-refractivity contribution in [2.75, 3.05) is 45.3 Å². The third-order valence-electron chi connectivity index (χ3n) is 4.66. The summed E-state index contributed by atoms with van der Waals surface area (Å²) in [6.45, 7) is 4.35. The van der Waals surface area contributed by atoms with Crippen molar-refractivity contribution >= 4 is 45.0 Å². The topological polar surface area (TPSA) is 54.9 Å². The van der Waals surface area contributed by atoms with Crippen LogP contribution < -0.4 is 14.4 Å². The fraction of sp³-hybridized carbons (Fsp3) is 0.333. The fourth-order valence-electron chi connectivity index (χ4n) is 3.11. The second-order valence-corrected chi connectivity index (χ2v) is 8.04. The average Bonchev–Trinajstić information content (AvgIpc) is 3.08. The molecule has 2 aromatic carbocycles. The molecule has 8 heteroatoms. The van der Waals surface area contributed by atoms with Crippen LogP contribution in [0.4, 0.5) is 5.13 Å². The van der Waals surface area contributed by atoms with Gasteiger partial charge in [0.25, 0.3) is 5.91 Å². The summed E-state index contributed by atoms with van der Waals surface area (Å²) in [4.78, 5) is 21.9. The molecule has 0 saturated heterocycles. The number of hydrogen-bond acceptors (Lipinski definition) is 6. The van der Waals surface area contributed by atoms with Crippen LogP contribution in [0.1, 0.15) is 15.9 Å². The van der Waals surface area contributed by atoms with E-state index >= 15 is 0 Å². The molecule has 0 spiro atoms. The summed E-state index contributed by atoms with van der Waals surface area (Å²) in [5.41, 5.74) is 2.48. The predicted molar refractivity (Wildman–Crippen MR) is 119 cm³/mol. The molecule has 4 rings (SSSR count). The number of anilines is 1. The van der Waals surface area contributed by atoms with Crippen LogP contribution in [0, 0.1) is 6.92 Å². The third-order valence-corrected chi connectivity index (χ3v) is 5.70. The number of aryl methyl sites for hydroxylation is 1. The highest BCUT2D eigenvalue weighted by molar-refractivity contribution is 7.22. The van der Waals surface area contributed by atoms with Crippen molar-refractivity contribution < 1.29 is 14.3 Å². The Morgan fingerprint density at radius 1 is 1.10 bits per heavy atom. The molecule has 0 bridgehead atoms. The summed E-state index contributed by atoms with van der Waals surface area (Å²) in [6.07, 6.45) is 0. The Hall–Kier alpha value is -2.35. The van der Waals surface area contributed by atoms with E-state index in [0.717, 1.165) is 28.1 Å². The quantitative estimate of drug-likeness (QED) is 0.608. The Kier molecular flexibility index (Phi) is 6.62. The number of hydrogen-bond donors (Lipinski definition) is 0. The SMILES string of the molecule is Cc1ccccc1C(=O)N(CCN(C)C)c1nc2cc3c(cc2s1)OCCO3.Cl. The van der Waals surface area contributed by atoms with E-state index in [4.69, 9.17) is 14.5 Å². The highest BCUT2D eigenvalue weighted by Gasteiger charge is 2.23. The van der Waals surface area contributed by atoms with Crippen LogP contribution in [0.5, 0.6) is 11.5 Å². The zero-order chi connectivity index (χ0) is 19.7. The van der Waals surface area contributed by atoms with Crippen LogP contribution in [0.15, 0.2) is 36.4 Å². The Morgan fingerprint density at radius 2 is 1.79 bits per heavy atom. The minimum atomic E-state index is -0.0312. The zero-order valence-corrected chi connectivity index (χ0v) is 18.3. The van der Waals surface area contributed by atoms with E-state index in [1.54, 1.807) is 4.90 Å². The van der Waals surface area contributed by atoms with Gasteiger partial charge >= 0.3 is 0 Å². The molecule has 0 saturated carbocycles. The summed E-state index contributed by atoms with van der Waals surface area (Å²) in [5.74, 6) is 1.41. The van der Waals surface area contributed by atoms with Crippen molar-refractivity contribution in [2.45, 2.75) is 6.92 Å². The normalized spacial score (nSPS) is 12.7. The molecule has 3 aromatic rings. The number of rotatable bonds is 5. The largest absolute Gasteiger partial charge is 0.486 e. The van der Waals surface area contributed by atoms with Gasteiger partial charge in [0.2, 0.25) is 0 Å². The number of likely N-dealkylation sites (N-methyl/N-ethyl adjacent to an activating group) is 1. The number of fused-ring (bicyclic) bond motifs is 2. The lowest BCUT2D eigenvalue weighted by Gasteiger charge is -2.22. The van der Waals surface area contributed by atoms with E-state index < -0.39 is 0 Å². The van der Waals surface area contributed by atoms with Gasteiger partial charge in [0.15, 0.2) is 16.6 Å². The molecule has 29 heavy (non-hydrogen) atoms. The number of amides is 1. The minimum Gasteiger partial charge on any atom is -0.486 e. The number of halogens is 1. The second kappa shape index (κ2) is 8.98. The second-order valence-electron chi connectivity index (χ2n) is 7.04. The summed E-state index contributed by atoms with van der Waals surface area (Å²) in [6, 6.07) is 11.5. The number of thiazole rings is 1. The maximum absolute atomic E-state index is 13.3. The van der Waals surface area contributed by atoms with Crippen LogP contribution in [-0.4, -0.2) is 56.2 Å². The standard InChI is InChI=1S/C21H23N3O3S.ClH/c1-14-6-4-5-7-15(14)20(25)24(9-8-23(2)3)21-22-16-12-17-18(13-19(16)28-21)27-11-10-26-17;/h4-7,12-13H,8-11H2,1-3H3;1H. The number of ether oxygens (including phenoxy) is 2. The van der Waals surface area contributed by atoms with Crippen molar-refractivity contribution in [3.8, 4) is 11.5 Å². The van der Waals surface area contributed by atoms with Gasteiger partial charge in [0, 0.05) is 30.8 Å². The van der Waals surface area contributed by atoms with Gasteiger partial charge in [-0.25, -0.2) is 4.98 Å². The molecule has 1 aromatic heterocycles. The Morgan fingerprint density at radius 3 is 2.48 bits per heavy atom. The predicted octanol–water partition coefficient (Wildman–Crippen LogP) is 4.01. The Balaban J connectivity index is 0.00000240. The van der Waals surface area contributed by atoms with Gasteiger partial charge in [-0.3, -0.25) is 9.69 Å². The summed E-state index contributed by atoms with van der Waals surface area (Å²) in [7, 11) is 4.00. The van der Waals surface area contributed by atoms with E-state index in [1.165, 1.54) is 11.3 Å². The molecule has 0 N–H and O–H groups in total. The molecule has 1 amide bonds. The molecule has 0 radical (unpaired) electrons. The lowest BCUT2D eigenvalue weighted by atomic mass is 10.1. The maximum atomic E-state index is 13.3. The van der Waals surface area contributed by atoms with Crippen LogP contribution >= 0.6 is 23.7 Å². The molecule has 1 aliphatic rings. The summed E-state index contributed by atoms with van der Waals surface area (Å²) in [5, 5.41) is 0.687. The molecule has 2 heterocycles. The smallest absolute Gasteiger partial charge is 0.260 e. The molecule has 0 unspecified atom stereocenters. The Bertz CT molecular complexity index is 979. The van der Waals surface area contributed by atoms with Gasteiger partial charge in [-0.05, 0) is 32.6 Å². The lowest BCUT2D eigenvalue weighted by Crippen LogP contribution is -2.37. The van der Waals surface area contributed by atoms with Crippen molar-refractivity contribution in [3.63, 3.8) is 0 Å². The van der Waals surface area contributed by atoms with E-state index in [0.29, 0.717) is 36.2 Å². The van der Waals surface area contributed by atoms with Gasteiger partial charge in [-0.2, -0.15) is 0 Å². The number of carbonyl (C=O) groups is 1. The molecule has 154 valence electrons. The monoisotopic (exact) mass is 433 g/mol. The van der Waals surface area contributed by atoms with Crippen LogP contribution in [0.2, 0.25) is 0 Å². The van der Waals surface area contributed by atoms with Crippen molar-refractivity contribution in [1.82, 2.24) is 9.88 Å². The minimum absolute atomic E-state index is 0. The van der Waals surface area contributed by atoms with Gasteiger partial charge in [0.1, 0.15) is 13.2 Å². The van der Waals surface area contributed by atoms with E-state index in [9.17, 15) is 4.79 Å². The number of carbonyl (C=O) groups excluding carboxylic acids is 1. The van der Waals surface area contributed by atoms with Crippen molar-refractivity contribution in [2.24, 2.45) is 0 Å². The van der Waals surface area contributed by atoms with E-state index in [-0.39, 0.29) is 18.3 Å². The highest BCUT2D eigenvalue weighted by atomic mass is 35.5. The fourth-order valence-corrected chi connectivity index (χ4v) is 4.11. The lowest BCUT2D eigenvalue weighted by molar-refractivity contribution is 0.0984. The van der Waals surface area contributed by atoms with E-state index in [1.807, 2.05) is 57.4 Å². The van der Waals surface area contributed by atoms with Crippen molar-refractivity contribution in [1.29, 1.82) is 0 Å². The van der Waals surface area contributed by atoms with E-state index in [2.05, 4.69) is 4.90 Å². The van der Waals surface area contributed by atoms with Crippen LogP contribution in [0.25, 0.3) is 10.2 Å². The first-order chi connectivity index (χ1) is 13.5. The van der Waals surface area contributed by atoms with Crippen LogP contribution in [0.3, 0.4) is 0 Å². The van der Waals surface area contributed by atoms with Crippen molar-refractivity contribution in [3.05, 3.63) is 47.5 Å². The zero-order valence-electron chi connectivity index (χ0n) is 16.7. The van der Waals surface area contributed by atoms with Crippen LogP contribution in [-0.2, 0) is 0 Å². The summed E-state index contributed by atoms with van der Waals surface area (Å²) >= 11 is 1.50. The van der Waals surface area contributed by atoms with Gasteiger partial charge < -0.3 is 14.4 Å². The summed E-state index contributed by atoms with van der Waals surface area (Å²) < 4.78 is 12.3. The molecule has 0 aliphatic carbocycles. The maximum Gasteiger partial charge on any atom is 0.260 e. The number of aromatic nitrogens is 1. The number of benzene rings is 2. The first-order valence-electron chi connectivity index (χ1n) is 9.25. The Labute approximate surface area is 180 Å². The molecule has 1 aliphatic heterocycles. The molecular weight excluding hydrogens is 410 g/mol. The molecule has 6 nitrogen and oxygen atoms in total. The van der Waals surface area contributed by atoms with Gasteiger partial charge in [-0.1, -0.05) is 29.5 Å². The van der Waals surface area contributed by atoms with Gasteiger partial charge in [-0.15, -0.1) is 12.4 Å². The molecule has 0 atom stereocenters. The number of nitrogens with zero attached hydrogens (tertiary/aromatic N) is 3. The third kappa shape index (κ3) is 4.47. The first kappa shape index (κ1) is 21.4. The first-order valence-corrected chi connectivity index (χ1v) is 10.1.